The highest BCUT2D eigenvalue weighted by molar-refractivity contribution is 7.11. The van der Waals surface area contributed by atoms with Crippen LogP contribution in [-0.2, 0) is 6.42 Å². The summed E-state index contributed by atoms with van der Waals surface area (Å²) in [4.78, 5) is 20.0. The van der Waals surface area contributed by atoms with E-state index >= 15 is 0 Å². The van der Waals surface area contributed by atoms with Gasteiger partial charge in [0.2, 0.25) is 0 Å². The molecule has 5 heteroatoms. The minimum Gasteiger partial charge on any atom is -0.394 e. The quantitative estimate of drug-likeness (QED) is 0.948. The Hall–Kier alpha value is -1.72. The Labute approximate surface area is 133 Å². The molecule has 2 aromatic rings. The van der Waals surface area contributed by atoms with Gasteiger partial charge in [0, 0.05) is 12.5 Å². The topological polar surface area (TPSA) is 53.4 Å². The summed E-state index contributed by atoms with van der Waals surface area (Å²) < 4.78 is 0. The largest absolute Gasteiger partial charge is 0.394 e. The van der Waals surface area contributed by atoms with Crippen LogP contribution in [0, 0.1) is 0 Å². The molecule has 0 radical (unpaired) electrons. The number of fused-ring (bicyclic) bond motifs is 1. The van der Waals surface area contributed by atoms with Crippen LogP contribution in [0.25, 0.3) is 0 Å². The molecule has 0 bridgehead atoms. The average Bonchev–Trinajstić information content (AvgIpc) is 3.30. The highest BCUT2D eigenvalue weighted by atomic mass is 32.1. The van der Waals surface area contributed by atoms with Crippen LogP contribution < -0.4 is 0 Å². The number of thiazole rings is 1. The zero-order valence-electron chi connectivity index (χ0n) is 12.2. The zero-order chi connectivity index (χ0) is 15.1. The Morgan fingerprint density at radius 1 is 1.36 bits per heavy atom. The molecule has 2 aliphatic rings. The number of amides is 1. The van der Waals surface area contributed by atoms with Crippen molar-refractivity contribution < 1.29 is 9.90 Å². The zero-order valence-corrected chi connectivity index (χ0v) is 13.1. The summed E-state index contributed by atoms with van der Waals surface area (Å²) in [6, 6.07) is 7.84. The molecule has 1 aliphatic carbocycles. The molecule has 1 atom stereocenters. The predicted octanol–water partition coefficient (Wildman–Crippen LogP) is 2.75. The maximum Gasteiger partial charge on any atom is 0.266 e. The van der Waals surface area contributed by atoms with Crippen molar-refractivity contribution in [2.75, 3.05) is 13.2 Å². The van der Waals surface area contributed by atoms with Gasteiger partial charge in [-0.15, -0.1) is 11.3 Å². The second-order valence-corrected chi connectivity index (χ2v) is 6.84. The van der Waals surface area contributed by atoms with Gasteiger partial charge in [-0.25, -0.2) is 4.98 Å². The number of benzene rings is 1. The van der Waals surface area contributed by atoms with Crippen molar-refractivity contribution in [2.24, 2.45) is 0 Å². The minimum atomic E-state index is -0.244. The molecule has 0 spiro atoms. The molecular weight excluding hydrogens is 296 g/mol. The van der Waals surface area contributed by atoms with E-state index in [1.807, 2.05) is 23.1 Å². The molecule has 22 heavy (non-hydrogen) atoms. The number of aliphatic hydroxyl groups is 1. The molecule has 0 saturated heterocycles. The van der Waals surface area contributed by atoms with E-state index in [2.05, 4.69) is 11.1 Å². The number of aromatic nitrogens is 1. The fourth-order valence-corrected chi connectivity index (χ4v) is 4.11. The van der Waals surface area contributed by atoms with Crippen molar-refractivity contribution in [3.8, 4) is 0 Å². The number of carbonyl (C=O) groups excluding carboxylic acids is 1. The van der Waals surface area contributed by atoms with Gasteiger partial charge in [-0.05, 0) is 30.4 Å². The van der Waals surface area contributed by atoms with Crippen molar-refractivity contribution in [3.63, 3.8) is 0 Å². The van der Waals surface area contributed by atoms with Crippen LogP contribution in [0.5, 0.6) is 0 Å². The van der Waals surface area contributed by atoms with E-state index in [1.165, 1.54) is 16.9 Å². The van der Waals surface area contributed by atoms with Crippen molar-refractivity contribution in [2.45, 2.75) is 31.2 Å². The third-order valence-corrected chi connectivity index (χ3v) is 5.43. The third kappa shape index (κ3) is 2.25. The second-order valence-electron chi connectivity index (χ2n) is 5.99. The van der Waals surface area contributed by atoms with Gasteiger partial charge in [-0.1, -0.05) is 24.3 Å². The molecular formula is C17H18N2O2S. The van der Waals surface area contributed by atoms with Crippen molar-refractivity contribution in [1.82, 2.24) is 9.88 Å². The third-order valence-electron chi connectivity index (χ3n) is 4.60. The highest BCUT2D eigenvalue weighted by Gasteiger charge is 2.36. The first-order valence-corrected chi connectivity index (χ1v) is 8.60. The molecule has 4 nitrogen and oxygen atoms in total. The summed E-state index contributed by atoms with van der Waals surface area (Å²) >= 11 is 1.43. The molecule has 1 aliphatic heterocycles. The first-order chi connectivity index (χ1) is 10.8. The minimum absolute atomic E-state index is 0.0259. The number of hydrogen-bond acceptors (Lipinski definition) is 4. The average molecular weight is 314 g/mol. The van der Waals surface area contributed by atoms with Crippen LogP contribution in [0.2, 0.25) is 0 Å². The predicted molar refractivity (Wildman–Crippen MR) is 85.1 cm³/mol. The molecule has 114 valence electrons. The van der Waals surface area contributed by atoms with E-state index in [0.717, 1.165) is 35.4 Å². The Kier molecular flexibility index (Phi) is 3.47. The van der Waals surface area contributed by atoms with Crippen molar-refractivity contribution in [3.05, 3.63) is 51.5 Å². The van der Waals surface area contributed by atoms with Gasteiger partial charge in [0.1, 0.15) is 4.88 Å². The fraction of sp³-hybridized carbons (Fsp3) is 0.412. The van der Waals surface area contributed by atoms with Crippen LogP contribution in [0.4, 0.5) is 0 Å². The van der Waals surface area contributed by atoms with E-state index < -0.39 is 0 Å². The van der Waals surface area contributed by atoms with Crippen molar-refractivity contribution >= 4 is 17.2 Å². The summed E-state index contributed by atoms with van der Waals surface area (Å²) in [6.07, 6.45) is 3.11. The summed E-state index contributed by atoms with van der Waals surface area (Å²) in [5, 5.41) is 9.84. The van der Waals surface area contributed by atoms with Gasteiger partial charge in [0.05, 0.1) is 23.9 Å². The van der Waals surface area contributed by atoms with Crippen LogP contribution >= 0.6 is 11.3 Å². The SMILES string of the molecule is O=C(c1scnc1C1CC1)N1CCc2ccccc2[C@@H]1CO. The molecule has 1 aromatic heterocycles. The van der Waals surface area contributed by atoms with Gasteiger partial charge in [-0.3, -0.25) is 4.79 Å². The summed E-state index contributed by atoms with van der Waals surface area (Å²) in [7, 11) is 0. The standard InChI is InChI=1S/C17H18N2O2S/c20-9-14-13-4-2-1-3-11(13)7-8-19(14)17(21)16-15(12-5-6-12)18-10-22-16/h1-4,10,12,14,20H,5-9H2/t14-/m0/s1. The summed E-state index contributed by atoms with van der Waals surface area (Å²) in [5.41, 5.74) is 5.04. The Bertz CT molecular complexity index is 708. The van der Waals surface area contributed by atoms with Crippen LogP contribution in [-0.4, -0.2) is 34.0 Å². The van der Waals surface area contributed by atoms with Crippen LogP contribution in [0.1, 0.15) is 51.3 Å². The smallest absolute Gasteiger partial charge is 0.266 e. The lowest BCUT2D eigenvalue weighted by molar-refractivity contribution is 0.0572. The summed E-state index contributed by atoms with van der Waals surface area (Å²) in [5.74, 6) is 0.493. The van der Waals surface area contributed by atoms with Crippen LogP contribution in [0.3, 0.4) is 0 Å². The van der Waals surface area contributed by atoms with Gasteiger partial charge in [0.15, 0.2) is 0 Å². The lowest BCUT2D eigenvalue weighted by atomic mass is 9.92. The van der Waals surface area contributed by atoms with Gasteiger partial charge in [0.25, 0.3) is 5.91 Å². The van der Waals surface area contributed by atoms with E-state index in [-0.39, 0.29) is 18.6 Å². The number of nitrogens with zero attached hydrogens (tertiary/aromatic N) is 2. The molecule has 0 unspecified atom stereocenters. The Morgan fingerprint density at radius 2 is 2.18 bits per heavy atom. The van der Waals surface area contributed by atoms with E-state index in [4.69, 9.17) is 0 Å². The van der Waals surface area contributed by atoms with Crippen LogP contribution in [0.15, 0.2) is 29.8 Å². The molecule has 1 N–H and O–H groups in total. The van der Waals surface area contributed by atoms with Gasteiger partial charge >= 0.3 is 0 Å². The molecule has 1 fully saturated rings. The van der Waals surface area contributed by atoms with E-state index in [9.17, 15) is 9.90 Å². The normalized spacial score (nSPS) is 20.8. The highest BCUT2D eigenvalue weighted by Crippen LogP contribution is 2.42. The maximum absolute atomic E-state index is 13.0. The first-order valence-electron chi connectivity index (χ1n) is 7.72. The van der Waals surface area contributed by atoms with Crippen molar-refractivity contribution in [1.29, 1.82) is 0 Å². The molecule has 1 amide bonds. The number of rotatable bonds is 3. The maximum atomic E-state index is 13.0. The Morgan fingerprint density at radius 3 is 2.95 bits per heavy atom. The lowest BCUT2D eigenvalue weighted by Gasteiger charge is -2.36. The monoisotopic (exact) mass is 314 g/mol. The first kappa shape index (κ1) is 13.9. The lowest BCUT2D eigenvalue weighted by Crippen LogP contribution is -2.41. The summed E-state index contributed by atoms with van der Waals surface area (Å²) in [6.45, 7) is 0.614. The second kappa shape index (κ2) is 5.48. The van der Waals surface area contributed by atoms with E-state index in [1.54, 1.807) is 5.51 Å². The fourth-order valence-electron chi connectivity index (χ4n) is 3.28. The van der Waals surface area contributed by atoms with Gasteiger partial charge in [-0.2, -0.15) is 0 Å². The molecule has 2 heterocycles. The molecule has 4 rings (SSSR count). The van der Waals surface area contributed by atoms with E-state index in [0.29, 0.717) is 12.5 Å². The van der Waals surface area contributed by atoms with Gasteiger partial charge < -0.3 is 10.0 Å². The molecule has 1 saturated carbocycles. The number of carbonyl (C=O) groups is 1. The molecule has 1 aromatic carbocycles. The number of aliphatic hydroxyl groups excluding tert-OH is 1. The Balaban J connectivity index is 1.67. The number of hydrogen-bond donors (Lipinski definition) is 1.